The van der Waals surface area contributed by atoms with Gasteiger partial charge in [-0.1, -0.05) is 36.8 Å². The lowest BCUT2D eigenvalue weighted by Gasteiger charge is -2.36. The van der Waals surface area contributed by atoms with Crippen molar-refractivity contribution in [3.05, 3.63) is 35.4 Å². The highest BCUT2D eigenvalue weighted by Crippen LogP contribution is 2.36. The van der Waals surface area contributed by atoms with Gasteiger partial charge in [-0.25, -0.2) is 0 Å². The van der Waals surface area contributed by atoms with Gasteiger partial charge >= 0.3 is 0 Å². The molecule has 0 aliphatic heterocycles. The first-order valence-electron chi connectivity index (χ1n) is 7.67. The number of ether oxygens (including phenoxy) is 1. The highest BCUT2D eigenvalue weighted by Gasteiger charge is 2.29. The summed E-state index contributed by atoms with van der Waals surface area (Å²) < 4.78 is 5.48. The van der Waals surface area contributed by atoms with Crippen molar-refractivity contribution in [2.45, 2.75) is 51.5 Å². The fourth-order valence-corrected chi connectivity index (χ4v) is 2.62. The van der Waals surface area contributed by atoms with Crippen LogP contribution in [0.5, 0.6) is 0 Å². The molecule has 1 N–H and O–H groups in total. The quantitative estimate of drug-likeness (QED) is 0.721. The second-order valence-electron chi connectivity index (χ2n) is 5.70. The van der Waals surface area contributed by atoms with E-state index in [-0.39, 0.29) is 0 Å². The number of rotatable bonds is 8. The topological polar surface area (TPSA) is 21.3 Å². The normalized spacial score (nSPS) is 22.2. The van der Waals surface area contributed by atoms with E-state index in [9.17, 15) is 0 Å². The molecule has 2 heteroatoms. The van der Waals surface area contributed by atoms with Crippen LogP contribution >= 0.6 is 0 Å². The molecule has 0 spiro atoms. The molecule has 0 heterocycles. The lowest BCUT2D eigenvalue weighted by atomic mass is 9.76. The Kier molecular flexibility index (Phi) is 5.87. The summed E-state index contributed by atoms with van der Waals surface area (Å²) in [7, 11) is 0. The third-order valence-corrected chi connectivity index (χ3v) is 3.93. The Morgan fingerprint density at radius 2 is 1.89 bits per heavy atom. The highest BCUT2D eigenvalue weighted by molar-refractivity contribution is 5.26. The van der Waals surface area contributed by atoms with Gasteiger partial charge in [0.1, 0.15) is 0 Å². The van der Waals surface area contributed by atoms with Crippen molar-refractivity contribution in [3.8, 4) is 0 Å². The monoisotopic (exact) mass is 261 g/mol. The minimum Gasteiger partial charge on any atom is -0.381 e. The summed E-state index contributed by atoms with van der Waals surface area (Å²) in [4.78, 5) is 0. The molecule has 0 atom stereocenters. The Hall–Kier alpha value is -0.860. The Morgan fingerprint density at radius 1 is 1.16 bits per heavy atom. The van der Waals surface area contributed by atoms with E-state index in [2.05, 4.69) is 43.4 Å². The van der Waals surface area contributed by atoms with Crippen molar-refractivity contribution in [1.29, 1.82) is 0 Å². The molecule has 0 bridgehead atoms. The molecule has 0 radical (unpaired) electrons. The standard InChI is InChI=1S/C17H27NO/c1-3-10-19-11-4-9-18-17-12-16(13-17)15-7-5-14(2)6-8-15/h5-8,16-18H,3-4,9-13H2,1-2H3. The fraction of sp³-hybridized carbons (Fsp3) is 0.647. The molecule has 1 saturated carbocycles. The molecular weight excluding hydrogens is 234 g/mol. The van der Waals surface area contributed by atoms with Crippen LogP contribution in [0.2, 0.25) is 0 Å². The van der Waals surface area contributed by atoms with E-state index in [4.69, 9.17) is 4.74 Å². The summed E-state index contributed by atoms with van der Waals surface area (Å²) in [5, 5.41) is 3.63. The first kappa shape index (κ1) is 14.5. The van der Waals surface area contributed by atoms with Crippen molar-refractivity contribution in [2.75, 3.05) is 19.8 Å². The van der Waals surface area contributed by atoms with Crippen LogP contribution in [0.15, 0.2) is 24.3 Å². The number of nitrogens with one attached hydrogen (secondary N) is 1. The maximum absolute atomic E-state index is 5.48. The van der Waals surface area contributed by atoms with Crippen LogP contribution in [-0.4, -0.2) is 25.8 Å². The van der Waals surface area contributed by atoms with E-state index in [0.29, 0.717) is 0 Å². The Labute approximate surface area is 117 Å². The largest absolute Gasteiger partial charge is 0.381 e. The molecule has 106 valence electrons. The van der Waals surface area contributed by atoms with Crippen LogP contribution in [0.25, 0.3) is 0 Å². The van der Waals surface area contributed by atoms with Gasteiger partial charge in [-0.2, -0.15) is 0 Å². The first-order chi connectivity index (χ1) is 9.29. The van der Waals surface area contributed by atoms with E-state index in [1.54, 1.807) is 0 Å². The second kappa shape index (κ2) is 7.66. The fourth-order valence-electron chi connectivity index (χ4n) is 2.62. The Bertz CT molecular complexity index is 354. The number of benzene rings is 1. The second-order valence-corrected chi connectivity index (χ2v) is 5.70. The zero-order valence-corrected chi connectivity index (χ0v) is 12.3. The molecule has 2 rings (SSSR count). The van der Waals surface area contributed by atoms with Crippen molar-refractivity contribution in [3.63, 3.8) is 0 Å². The van der Waals surface area contributed by atoms with E-state index in [0.717, 1.165) is 44.6 Å². The van der Waals surface area contributed by atoms with Gasteiger partial charge in [-0.3, -0.25) is 0 Å². The molecule has 0 amide bonds. The Balaban J connectivity index is 1.55. The van der Waals surface area contributed by atoms with Gasteiger partial charge in [0.25, 0.3) is 0 Å². The van der Waals surface area contributed by atoms with Crippen molar-refractivity contribution >= 4 is 0 Å². The van der Waals surface area contributed by atoms with Gasteiger partial charge in [-0.15, -0.1) is 0 Å². The van der Waals surface area contributed by atoms with Gasteiger partial charge in [0, 0.05) is 19.3 Å². The molecule has 1 aliphatic rings. The first-order valence-corrected chi connectivity index (χ1v) is 7.67. The number of aryl methyl sites for hydroxylation is 1. The van der Waals surface area contributed by atoms with E-state index >= 15 is 0 Å². The molecule has 1 aromatic carbocycles. The molecule has 2 nitrogen and oxygen atoms in total. The molecule has 0 unspecified atom stereocenters. The lowest BCUT2D eigenvalue weighted by molar-refractivity contribution is 0.130. The maximum atomic E-state index is 5.48. The summed E-state index contributed by atoms with van der Waals surface area (Å²) in [5.41, 5.74) is 2.86. The van der Waals surface area contributed by atoms with Gasteiger partial charge < -0.3 is 10.1 Å². The van der Waals surface area contributed by atoms with Gasteiger partial charge in [-0.05, 0) is 50.6 Å². The van der Waals surface area contributed by atoms with Crippen LogP contribution in [0.3, 0.4) is 0 Å². The molecular formula is C17H27NO. The van der Waals surface area contributed by atoms with E-state index in [1.165, 1.54) is 24.0 Å². The predicted molar refractivity (Wildman–Crippen MR) is 80.7 cm³/mol. The zero-order chi connectivity index (χ0) is 13.5. The van der Waals surface area contributed by atoms with Crippen LogP contribution in [0, 0.1) is 6.92 Å². The van der Waals surface area contributed by atoms with E-state index < -0.39 is 0 Å². The smallest absolute Gasteiger partial charge is 0.0478 e. The van der Waals surface area contributed by atoms with Crippen molar-refractivity contribution < 1.29 is 4.74 Å². The van der Waals surface area contributed by atoms with Crippen LogP contribution in [-0.2, 0) is 4.74 Å². The molecule has 1 aromatic rings. The highest BCUT2D eigenvalue weighted by atomic mass is 16.5. The van der Waals surface area contributed by atoms with Crippen LogP contribution in [0.4, 0.5) is 0 Å². The van der Waals surface area contributed by atoms with Crippen molar-refractivity contribution in [2.24, 2.45) is 0 Å². The zero-order valence-electron chi connectivity index (χ0n) is 12.3. The van der Waals surface area contributed by atoms with E-state index in [1.807, 2.05) is 0 Å². The number of hydrogen-bond acceptors (Lipinski definition) is 2. The average molecular weight is 261 g/mol. The summed E-state index contributed by atoms with van der Waals surface area (Å²) in [5.74, 6) is 0.773. The third-order valence-electron chi connectivity index (χ3n) is 3.93. The van der Waals surface area contributed by atoms with Gasteiger partial charge in [0.15, 0.2) is 0 Å². The minimum absolute atomic E-state index is 0.720. The van der Waals surface area contributed by atoms with Gasteiger partial charge in [0.05, 0.1) is 0 Å². The average Bonchev–Trinajstić information content (AvgIpc) is 2.37. The molecule has 0 saturated heterocycles. The number of hydrogen-bond donors (Lipinski definition) is 1. The third kappa shape index (κ3) is 4.63. The molecule has 1 fully saturated rings. The van der Waals surface area contributed by atoms with Crippen LogP contribution < -0.4 is 5.32 Å². The summed E-state index contributed by atoms with van der Waals surface area (Å²) >= 11 is 0. The minimum atomic E-state index is 0.720. The molecule has 19 heavy (non-hydrogen) atoms. The summed E-state index contributed by atoms with van der Waals surface area (Å²) in [6.45, 7) is 7.19. The lowest BCUT2D eigenvalue weighted by Crippen LogP contribution is -2.40. The molecule has 1 aliphatic carbocycles. The van der Waals surface area contributed by atoms with Crippen molar-refractivity contribution in [1.82, 2.24) is 5.32 Å². The SMILES string of the molecule is CCCOCCCNC1CC(c2ccc(C)cc2)C1. The predicted octanol–water partition coefficient (Wildman–Crippen LogP) is 3.65. The van der Waals surface area contributed by atoms with Crippen LogP contribution in [0.1, 0.15) is 49.7 Å². The Morgan fingerprint density at radius 3 is 2.58 bits per heavy atom. The molecule has 0 aromatic heterocycles. The summed E-state index contributed by atoms with van der Waals surface area (Å²) in [6, 6.07) is 9.74. The van der Waals surface area contributed by atoms with Gasteiger partial charge in [0.2, 0.25) is 0 Å². The summed E-state index contributed by atoms with van der Waals surface area (Å²) in [6.07, 6.45) is 4.83. The maximum Gasteiger partial charge on any atom is 0.0478 e.